The summed E-state index contributed by atoms with van der Waals surface area (Å²) in [7, 11) is 1.53. The molecule has 0 saturated heterocycles. The normalized spacial score (nSPS) is 9.57. The summed E-state index contributed by atoms with van der Waals surface area (Å²) >= 11 is 13.2. The van der Waals surface area contributed by atoms with Crippen molar-refractivity contribution >= 4 is 35.0 Å². The van der Waals surface area contributed by atoms with E-state index in [0.29, 0.717) is 21.5 Å². The predicted molar refractivity (Wildman–Crippen MR) is 59.4 cm³/mol. The van der Waals surface area contributed by atoms with Gasteiger partial charge in [0.1, 0.15) is 5.75 Å². The van der Waals surface area contributed by atoms with E-state index in [1.807, 2.05) is 6.07 Å². The molecule has 0 bridgehead atoms. The van der Waals surface area contributed by atoms with Gasteiger partial charge in [0.2, 0.25) is 0 Å². The molecule has 0 saturated carbocycles. The van der Waals surface area contributed by atoms with Gasteiger partial charge in [-0.15, -0.1) is 11.8 Å². The molecular formula is C9H7Cl2NOS. The van der Waals surface area contributed by atoms with Crippen LogP contribution in [0.3, 0.4) is 0 Å². The molecule has 0 aromatic heterocycles. The topological polar surface area (TPSA) is 33.0 Å². The summed E-state index contributed by atoms with van der Waals surface area (Å²) in [6.07, 6.45) is 0. The Bertz CT molecular complexity index is 376. The van der Waals surface area contributed by atoms with E-state index in [1.165, 1.54) is 18.9 Å². The first-order valence-electron chi connectivity index (χ1n) is 3.71. The Morgan fingerprint density at radius 2 is 2.14 bits per heavy atom. The third kappa shape index (κ3) is 2.71. The van der Waals surface area contributed by atoms with Crippen molar-refractivity contribution in [2.45, 2.75) is 4.90 Å². The fraction of sp³-hybridized carbons (Fsp3) is 0.222. The summed E-state index contributed by atoms with van der Waals surface area (Å²) in [6.45, 7) is 0. The first kappa shape index (κ1) is 11.5. The van der Waals surface area contributed by atoms with E-state index in [2.05, 4.69) is 0 Å². The van der Waals surface area contributed by atoms with Gasteiger partial charge in [-0.1, -0.05) is 23.2 Å². The summed E-state index contributed by atoms with van der Waals surface area (Å²) in [5, 5.41) is 9.46. The Hall–Kier alpha value is -0.560. The zero-order valence-corrected chi connectivity index (χ0v) is 9.71. The van der Waals surface area contributed by atoms with E-state index in [0.717, 1.165) is 4.90 Å². The quantitative estimate of drug-likeness (QED) is 0.766. The van der Waals surface area contributed by atoms with Gasteiger partial charge in [0.05, 0.1) is 29.0 Å². The maximum Gasteiger partial charge on any atom is 0.139 e. The number of halogens is 2. The molecule has 5 heteroatoms. The molecular weight excluding hydrogens is 241 g/mol. The first-order chi connectivity index (χ1) is 6.69. The van der Waals surface area contributed by atoms with Gasteiger partial charge in [0, 0.05) is 11.0 Å². The van der Waals surface area contributed by atoms with Crippen LogP contribution in [0.15, 0.2) is 17.0 Å². The lowest BCUT2D eigenvalue weighted by Gasteiger charge is -2.06. The van der Waals surface area contributed by atoms with Crippen molar-refractivity contribution in [1.29, 1.82) is 5.26 Å². The second kappa shape index (κ2) is 5.35. The largest absolute Gasteiger partial charge is 0.495 e. The highest BCUT2D eigenvalue weighted by Crippen LogP contribution is 2.35. The SMILES string of the molecule is COc1cc(Cl)c(SCC#N)cc1Cl. The fourth-order valence-electron chi connectivity index (χ4n) is 0.887. The van der Waals surface area contributed by atoms with Crippen molar-refractivity contribution < 1.29 is 4.74 Å². The van der Waals surface area contributed by atoms with Crippen LogP contribution in [0.1, 0.15) is 0 Å². The number of ether oxygens (including phenoxy) is 1. The molecule has 14 heavy (non-hydrogen) atoms. The monoisotopic (exact) mass is 247 g/mol. The summed E-state index contributed by atoms with van der Waals surface area (Å²) in [5.41, 5.74) is 0. The third-order valence-electron chi connectivity index (χ3n) is 1.50. The van der Waals surface area contributed by atoms with Crippen LogP contribution < -0.4 is 4.74 Å². The second-order valence-electron chi connectivity index (χ2n) is 2.36. The van der Waals surface area contributed by atoms with Crippen molar-refractivity contribution in [2.75, 3.05) is 12.9 Å². The summed E-state index contributed by atoms with van der Waals surface area (Å²) in [6, 6.07) is 5.36. The number of methoxy groups -OCH3 is 1. The predicted octanol–water partition coefficient (Wildman–Crippen LogP) is 3.62. The lowest BCUT2D eigenvalue weighted by molar-refractivity contribution is 0.415. The number of thioether (sulfide) groups is 1. The average molecular weight is 248 g/mol. The standard InChI is InChI=1S/C9H7Cl2NOS/c1-13-8-4-7(11)9(5-6(8)10)14-3-2-12/h4-5H,3H2,1H3. The lowest BCUT2D eigenvalue weighted by atomic mass is 10.3. The van der Waals surface area contributed by atoms with Crippen LogP contribution in [0.25, 0.3) is 0 Å². The van der Waals surface area contributed by atoms with E-state index < -0.39 is 0 Å². The van der Waals surface area contributed by atoms with Crippen LogP contribution in [-0.2, 0) is 0 Å². The molecule has 0 aliphatic carbocycles. The molecule has 0 radical (unpaired) electrons. The van der Waals surface area contributed by atoms with E-state index in [9.17, 15) is 0 Å². The van der Waals surface area contributed by atoms with Crippen LogP contribution in [0.5, 0.6) is 5.75 Å². The van der Waals surface area contributed by atoms with E-state index >= 15 is 0 Å². The molecule has 0 spiro atoms. The van der Waals surface area contributed by atoms with Gasteiger partial charge in [0.25, 0.3) is 0 Å². The van der Waals surface area contributed by atoms with Gasteiger partial charge in [0.15, 0.2) is 0 Å². The van der Waals surface area contributed by atoms with Crippen LogP contribution in [0.2, 0.25) is 10.0 Å². The maximum absolute atomic E-state index is 8.42. The highest BCUT2D eigenvalue weighted by molar-refractivity contribution is 7.99. The number of hydrogen-bond acceptors (Lipinski definition) is 3. The molecule has 74 valence electrons. The van der Waals surface area contributed by atoms with Gasteiger partial charge in [-0.2, -0.15) is 5.26 Å². The molecule has 2 nitrogen and oxygen atoms in total. The van der Waals surface area contributed by atoms with Gasteiger partial charge < -0.3 is 4.74 Å². The Kier molecular flexibility index (Phi) is 4.40. The van der Waals surface area contributed by atoms with Gasteiger partial charge in [-0.3, -0.25) is 0 Å². The molecule has 0 unspecified atom stereocenters. The second-order valence-corrected chi connectivity index (χ2v) is 4.20. The smallest absolute Gasteiger partial charge is 0.139 e. The molecule has 1 rings (SSSR count). The van der Waals surface area contributed by atoms with Gasteiger partial charge in [-0.05, 0) is 6.07 Å². The Balaban J connectivity index is 2.97. The van der Waals surface area contributed by atoms with Crippen LogP contribution in [-0.4, -0.2) is 12.9 Å². The molecule has 0 fully saturated rings. The zero-order valence-electron chi connectivity index (χ0n) is 7.38. The minimum absolute atomic E-state index is 0.350. The average Bonchev–Trinajstić information content (AvgIpc) is 2.18. The number of hydrogen-bond donors (Lipinski definition) is 0. The summed E-state index contributed by atoms with van der Waals surface area (Å²) in [5.74, 6) is 0.889. The highest BCUT2D eigenvalue weighted by atomic mass is 35.5. The summed E-state index contributed by atoms with van der Waals surface area (Å²) < 4.78 is 4.99. The van der Waals surface area contributed by atoms with Crippen molar-refractivity contribution in [3.8, 4) is 11.8 Å². The molecule has 1 aromatic carbocycles. The molecule has 1 aromatic rings. The van der Waals surface area contributed by atoms with Crippen LogP contribution in [0, 0.1) is 11.3 Å². The summed E-state index contributed by atoms with van der Waals surface area (Å²) in [4.78, 5) is 0.791. The van der Waals surface area contributed by atoms with Crippen molar-refractivity contribution in [3.05, 3.63) is 22.2 Å². The van der Waals surface area contributed by atoms with E-state index in [1.54, 1.807) is 12.1 Å². The molecule has 0 atom stereocenters. The molecule has 0 N–H and O–H groups in total. The number of nitrogens with zero attached hydrogens (tertiary/aromatic N) is 1. The van der Waals surface area contributed by atoms with Gasteiger partial charge in [-0.25, -0.2) is 0 Å². The minimum Gasteiger partial charge on any atom is -0.495 e. The zero-order chi connectivity index (χ0) is 10.6. The van der Waals surface area contributed by atoms with Gasteiger partial charge >= 0.3 is 0 Å². The maximum atomic E-state index is 8.42. The van der Waals surface area contributed by atoms with Crippen molar-refractivity contribution in [2.24, 2.45) is 0 Å². The lowest BCUT2D eigenvalue weighted by Crippen LogP contribution is -1.85. The molecule has 0 aliphatic rings. The number of benzene rings is 1. The molecule has 0 aliphatic heterocycles. The Morgan fingerprint density at radius 1 is 1.43 bits per heavy atom. The first-order valence-corrected chi connectivity index (χ1v) is 5.46. The fourth-order valence-corrected chi connectivity index (χ4v) is 2.13. The Labute approximate surface area is 96.8 Å². The highest BCUT2D eigenvalue weighted by Gasteiger charge is 2.07. The van der Waals surface area contributed by atoms with Crippen molar-refractivity contribution in [1.82, 2.24) is 0 Å². The van der Waals surface area contributed by atoms with Crippen molar-refractivity contribution in [3.63, 3.8) is 0 Å². The minimum atomic E-state index is 0.350. The van der Waals surface area contributed by atoms with Crippen LogP contribution >= 0.6 is 35.0 Å². The third-order valence-corrected chi connectivity index (χ3v) is 3.14. The van der Waals surface area contributed by atoms with Crippen LogP contribution in [0.4, 0.5) is 0 Å². The molecule has 0 amide bonds. The van der Waals surface area contributed by atoms with E-state index in [4.69, 9.17) is 33.2 Å². The molecule has 0 heterocycles. The number of nitriles is 1. The number of rotatable bonds is 3. The van der Waals surface area contributed by atoms with E-state index in [-0.39, 0.29) is 0 Å². The Morgan fingerprint density at radius 3 is 2.71 bits per heavy atom.